The van der Waals surface area contributed by atoms with Crippen LogP contribution in [0.15, 0.2) is 48.6 Å². The number of ether oxygens (including phenoxy) is 2. The zero-order valence-electron chi connectivity index (χ0n) is 18.4. The van der Waals surface area contributed by atoms with Crippen molar-refractivity contribution < 1.29 is 24.2 Å². The van der Waals surface area contributed by atoms with Crippen LogP contribution < -0.4 is 4.74 Å². The zero-order chi connectivity index (χ0) is 22.1. The van der Waals surface area contributed by atoms with Crippen LogP contribution in [0.5, 0.6) is 5.75 Å². The Kier molecular flexibility index (Phi) is 8.89. The summed E-state index contributed by atoms with van der Waals surface area (Å²) in [7, 11) is 0. The van der Waals surface area contributed by atoms with Gasteiger partial charge in [0.1, 0.15) is 23.2 Å². The van der Waals surface area contributed by atoms with E-state index < -0.39 is 18.2 Å². The lowest BCUT2D eigenvalue weighted by Crippen LogP contribution is -2.21. The first-order valence-corrected chi connectivity index (χ1v) is 11.6. The average Bonchev–Trinajstić information content (AvgIpc) is 3.03. The molecule has 4 atom stereocenters. The number of carbonyl (C=O) groups is 2. The fourth-order valence-electron chi connectivity index (χ4n) is 4.28. The van der Waals surface area contributed by atoms with Crippen molar-refractivity contribution in [2.45, 2.75) is 70.5 Å². The molecule has 5 heteroatoms. The van der Waals surface area contributed by atoms with Crippen LogP contribution in [0.2, 0.25) is 0 Å². The number of esters is 1. The second-order valence-corrected chi connectivity index (χ2v) is 8.44. The third kappa shape index (κ3) is 6.54. The highest BCUT2D eigenvalue weighted by Gasteiger charge is 2.39. The van der Waals surface area contributed by atoms with Gasteiger partial charge in [0.05, 0.1) is 12.7 Å². The highest BCUT2D eigenvalue weighted by atomic mass is 16.5. The molecule has 2 aliphatic rings. The lowest BCUT2D eigenvalue weighted by molar-refractivity contribution is -0.121. The average molecular weight is 427 g/mol. The number of ketones is 1. The number of aliphatic hydroxyl groups is 1. The minimum absolute atomic E-state index is 0.102. The number of benzene rings is 1. The molecule has 1 aromatic rings. The molecule has 3 rings (SSSR count). The third-order valence-corrected chi connectivity index (χ3v) is 6.07. The number of cyclic esters (lactones) is 1. The molecule has 0 bridgehead atoms. The number of carbonyl (C=O) groups excluding carboxylic acids is 2. The van der Waals surface area contributed by atoms with Gasteiger partial charge in [-0.2, -0.15) is 0 Å². The highest BCUT2D eigenvalue weighted by molar-refractivity contribution is 5.92. The van der Waals surface area contributed by atoms with Gasteiger partial charge in [-0.05, 0) is 50.3 Å². The first-order valence-electron chi connectivity index (χ1n) is 11.6. The van der Waals surface area contributed by atoms with Gasteiger partial charge in [-0.1, -0.05) is 50.1 Å². The Labute approximate surface area is 185 Å². The van der Waals surface area contributed by atoms with Gasteiger partial charge in [0.15, 0.2) is 0 Å². The Bertz CT molecular complexity index is 797. The second kappa shape index (κ2) is 11.8. The Balaban J connectivity index is 1.85. The molecule has 0 amide bonds. The van der Waals surface area contributed by atoms with Crippen molar-refractivity contribution >= 4 is 11.8 Å². The van der Waals surface area contributed by atoms with Gasteiger partial charge >= 0.3 is 5.97 Å². The molecule has 1 aromatic carbocycles. The van der Waals surface area contributed by atoms with Crippen molar-refractivity contribution in [1.82, 2.24) is 0 Å². The molecule has 0 saturated heterocycles. The van der Waals surface area contributed by atoms with Crippen molar-refractivity contribution in [2.24, 2.45) is 11.8 Å². The summed E-state index contributed by atoms with van der Waals surface area (Å²) >= 11 is 0. The summed E-state index contributed by atoms with van der Waals surface area (Å²) in [6.45, 7) is 2.63. The molecule has 31 heavy (non-hydrogen) atoms. The van der Waals surface area contributed by atoms with Crippen molar-refractivity contribution in [3.05, 3.63) is 54.1 Å². The summed E-state index contributed by atoms with van der Waals surface area (Å²) in [6, 6.07) is 7.17. The van der Waals surface area contributed by atoms with Crippen molar-refractivity contribution in [1.29, 1.82) is 0 Å². The van der Waals surface area contributed by atoms with E-state index in [4.69, 9.17) is 9.47 Å². The number of hydrogen-bond acceptors (Lipinski definition) is 5. The van der Waals surface area contributed by atoms with Gasteiger partial charge in [-0.3, -0.25) is 4.79 Å². The molecular weight excluding hydrogens is 392 g/mol. The second-order valence-electron chi connectivity index (χ2n) is 8.44. The summed E-state index contributed by atoms with van der Waals surface area (Å²) in [4.78, 5) is 25.3. The zero-order valence-corrected chi connectivity index (χ0v) is 18.4. The van der Waals surface area contributed by atoms with Crippen LogP contribution in [0.4, 0.5) is 0 Å². The molecule has 4 unspecified atom stereocenters. The van der Waals surface area contributed by atoms with Gasteiger partial charge in [-0.25, -0.2) is 4.79 Å². The quantitative estimate of drug-likeness (QED) is 0.415. The number of unbranched alkanes of at least 4 members (excludes halogenated alkanes) is 2. The monoisotopic (exact) mass is 426 g/mol. The summed E-state index contributed by atoms with van der Waals surface area (Å²) in [5.74, 6) is -0.234. The van der Waals surface area contributed by atoms with Crippen LogP contribution >= 0.6 is 0 Å². The normalized spacial score (nSPS) is 27.3. The van der Waals surface area contributed by atoms with E-state index in [2.05, 4.69) is 13.0 Å². The smallest absolute Gasteiger partial charge is 0.342 e. The van der Waals surface area contributed by atoms with Gasteiger partial charge in [0.2, 0.25) is 0 Å². The lowest BCUT2D eigenvalue weighted by Gasteiger charge is -2.19. The Morgan fingerprint density at radius 1 is 1.10 bits per heavy atom. The molecule has 1 saturated carbocycles. The van der Waals surface area contributed by atoms with Crippen LogP contribution in [-0.4, -0.2) is 35.7 Å². The van der Waals surface area contributed by atoms with Crippen molar-refractivity contribution in [3.63, 3.8) is 0 Å². The summed E-state index contributed by atoms with van der Waals surface area (Å²) in [6.07, 6.45) is 13.0. The van der Waals surface area contributed by atoms with Gasteiger partial charge in [-0.15, -0.1) is 0 Å². The van der Waals surface area contributed by atoms with Crippen LogP contribution in [0.1, 0.15) is 68.6 Å². The van der Waals surface area contributed by atoms with Gasteiger partial charge < -0.3 is 14.6 Å². The molecule has 0 spiro atoms. The van der Waals surface area contributed by atoms with E-state index in [1.807, 2.05) is 24.3 Å². The van der Waals surface area contributed by atoms with E-state index in [9.17, 15) is 14.7 Å². The van der Waals surface area contributed by atoms with Crippen LogP contribution in [0.25, 0.3) is 0 Å². The van der Waals surface area contributed by atoms with E-state index in [-0.39, 0.29) is 24.0 Å². The molecule has 1 aliphatic heterocycles. The number of hydrogen-bond donors (Lipinski definition) is 1. The Morgan fingerprint density at radius 3 is 2.77 bits per heavy atom. The summed E-state index contributed by atoms with van der Waals surface area (Å²) < 4.78 is 11.7. The predicted molar refractivity (Wildman–Crippen MR) is 120 cm³/mol. The molecule has 1 aliphatic carbocycles. The summed E-state index contributed by atoms with van der Waals surface area (Å²) in [5.41, 5.74) is 0.424. The van der Waals surface area contributed by atoms with E-state index in [1.165, 1.54) is 0 Å². The predicted octanol–water partition coefficient (Wildman–Crippen LogP) is 5.03. The molecule has 0 radical (unpaired) electrons. The first kappa shape index (κ1) is 23.3. The SMILES string of the molecule is CCCCCC1C=CC2C(O)CC(=O)C2CC=CCCCOc2ccccc2C(=O)O1. The number of aliphatic hydroxyl groups excluding tert-OH is 1. The number of Topliss-reactive ketones (excluding diaryl/α,β-unsaturated/α-hetero) is 1. The van der Waals surface area contributed by atoms with Crippen LogP contribution in [-0.2, 0) is 9.53 Å². The molecule has 1 heterocycles. The third-order valence-electron chi connectivity index (χ3n) is 6.07. The molecule has 5 nitrogen and oxygen atoms in total. The van der Waals surface area contributed by atoms with E-state index in [0.717, 1.165) is 32.1 Å². The van der Waals surface area contributed by atoms with Gasteiger partial charge in [0, 0.05) is 18.3 Å². The molecular formula is C26H34O5. The van der Waals surface area contributed by atoms with Crippen LogP contribution in [0.3, 0.4) is 0 Å². The number of fused-ring (bicyclic) bond motifs is 2. The topological polar surface area (TPSA) is 72.8 Å². The summed E-state index contributed by atoms with van der Waals surface area (Å²) in [5, 5.41) is 10.4. The van der Waals surface area contributed by atoms with Crippen molar-refractivity contribution in [2.75, 3.05) is 6.61 Å². The maximum Gasteiger partial charge on any atom is 0.342 e. The number of para-hydroxylation sites is 1. The highest BCUT2D eigenvalue weighted by Crippen LogP contribution is 2.34. The molecule has 1 fully saturated rings. The molecule has 1 N–H and O–H groups in total. The number of rotatable bonds is 4. The van der Waals surface area contributed by atoms with E-state index in [0.29, 0.717) is 30.8 Å². The lowest BCUT2D eigenvalue weighted by atomic mass is 9.90. The van der Waals surface area contributed by atoms with E-state index in [1.54, 1.807) is 18.2 Å². The van der Waals surface area contributed by atoms with Crippen molar-refractivity contribution in [3.8, 4) is 5.75 Å². The van der Waals surface area contributed by atoms with Gasteiger partial charge in [0.25, 0.3) is 0 Å². The Hall–Kier alpha value is -2.40. The van der Waals surface area contributed by atoms with Crippen LogP contribution in [0, 0.1) is 11.8 Å². The fraction of sp³-hybridized carbons (Fsp3) is 0.538. The standard InChI is InChI=1S/C26H34O5/c1-2-3-6-11-19-15-16-21-20(23(27)18-24(21)28)12-7-4-5-10-17-30-25-14-9-8-13-22(25)26(29)31-19/h4,7-9,13-16,19-21,24,28H,2-3,5-6,10-12,17-18H2,1H3. The maximum absolute atomic E-state index is 12.9. The molecule has 168 valence electrons. The maximum atomic E-state index is 12.9. The van der Waals surface area contributed by atoms with E-state index >= 15 is 0 Å². The molecule has 0 aromatic heterocycles. The minimum Gasteiger partial charge on any atom is -0.493 e. The Morgan fingerprint density at radius 2 is 1.94 bits per heavy atom. The number of allylic oxidation sites excluding steroid dienone is 2. The largest absolute Gasteiger partial charge is 0.493 e. The first-order chi connectivity index (χ1) is 15.1. The minimum atomic E-state index is -0.679. The fourth-order valence-corrected chi connectivity index (χ4v) is 4.28.